The van der Waals surface area contributed by atoms with Crippen LogP contribution in [0.2, 0.25) is 0 Å². The quantitative estimate of drug-likeness (QED) is 0.676. The minimum Gasteiger partial charge on any atom is -0.399 e. The van der Waals surface area contributed by atoms with Crippen molar-refractivity contribution in [3.63, 3.8) is 0 Å². The number of fused-ring (bicyclic) bond motifs is 1. The van der Waals surface area contributed by atoms with E-state index in [9.17, 15) is 8.42 Å². The molecule has 74 valence electrons. The van der Waals surface area contributed by atoms with Gasteiger partial charge in [0.05, 0.1) is 10.7 Å². The standard InChI is InChI=1S/C8H8N2O2S2/c1-5-10-7-3-2-6(9)4-8(7)13(5)14(11)12/h2-4H,9H2,1H3. The summed E-state index contributed by atoms with van der Waals surface area (Å²) in [5.74, 6) is 0. The third-order valence-corrected chi connectivity index (χ3v) is 5.57. The highest BCUT2D eigenvalue weighted by atomic mass is 32.9. The van der Waals surface area contributed by atoms with E-state index in [1.807, 2.05) is 0 Å². The maximum atomic E-state index is 11.0. The van der Waals surface area contributed by atoms with Gasteiger partial charge in [-0.3, -0.25) is 0 Å². The number of hydrogen-bond acceptors (Lipinski definition) is 4. The van der Waals surface area contributed by atoms with Gasteiger partial charge in [-0.2, -0.15) is 8.42 Å². The van der Waals surface area contributed by atoms with Gasteiger partial charge in [0.25, 0.3) is 9.26 Å². The molecule has 0 fully saturated rings. The SMILES string of the molecule is CC1=Nc2ccc(N)cc2S1=S(=O)=O. The maximum absolute atomic E-state index is 11.0. The Morgan fingerprint density at radius 3 is 2.79 bits per heavy atom. The highest BCUT2D eigenvalue weighted by Gasteiger charge is 2.19. The zero-order valence-corrected chi connectivity index (χ0v) is 9.02. The van der Waals surface area contributed by atoms with Gasteiger partial charge >= 0.3 is 0 Å². The second-order valence-electron chi connectivity index (χ2n) is 2.83. The summed E-state index contributed by atoms with van der Waals surface area (Å²) in [6.45, 7) is 1.72. The first-order chi connectivity index (χ1) is 6.59. The van der Waals surface area contributed by atoms with Crippen LogP contribution in [0.5, 0.6) is 0 Å². The molecule has 0 bridgehead atoms. The minimum atomic E-state index is -2.15. The Morgan fingerprint density at radius 1 is 1.43 bits per heavy atom. The largest absolute Gasteiger partial charge is 0.399 e. The van der Waals surface area contributed by atoms with Gasteiger partial charge in [0.2, 0.25) is 0 Å². The molecular formula is C8H8N2O2S2. The average Bonchev–Trinajstić information content (AvgIpc) is 2.40. The van der Waals surface area contributed by atoms with Crippen molar-refractivity contribution in [3.8, 4) is 0 Å². The molecule has 1 atom stereocenters. The number of hydrogen-bond donors (Lipinski definition) is 1. The first-order valence-corrected chi connectivity index (χ1v) is 6.70. The first-order valence-electron chi connectivity index (χ1n) is 3.88. The molecule has 0 saturated heterocycles. The van der Waals surface area contributed by atoms with E-state index in [0.29, 0.717) is 21.3 Å². The van der Waals surface area contributed by atoms with Crippen LogP contribution in [0.3, 0.4) is 0 Å². The fourth-order valence-corrected chi connectivity index (χ4v) is 4.25. The number of aliphatic imine (C=N–C) groups is 1. The smallest absolute Gasteiger partial charge is 0.251 e. The molecule has 1 aromatic rings. The Kier molecular flexibility index (Phi) is 2.16. The highest BCUT2D eigenvalue weighted by molar-refractivity contribution is 8.42. The zero-order chi connectivity index (χ0) is 10.3. The molecule has 2 rings (SSSR count). The number of rotatable bonds is 0. The van der Waals surface area contributed by atoms with Gasteiger partial charge in [-0.15, -0.1) is 0 Å². The van der Waals surface area contributed by atoms with Crippen molar-refractivity contribution in [2.45, 2.75) is 11.8 Å². The van der Waals surface area contributed by atoms with Crippen molar-refractivity contribution < 1.29 is 8.42 Å². The monoisotopic (exact) mass is 228 g/mol. The van der Waals surface area contributed by atoms with Crippen LogP contribution in [0.15, 0.2) is 28.1 Å². The summed E-state index contributed by atoms with van der Waals surface area (Å²) in [7, 11) is -3.07. The van der Waals surface area contributed by atoms with Crippen molar-refractivity contribution in [2.24, 2.45) is 4.99 Å². The van der Waals surface area contributed by atoms with Crippen LogP contribution in [0.25, 0.3) is 0 Å². The fraction of sp³-hybridized carbons (Fsp3) is 0.125. The molecule has 0 saturated carbocycles. The molecule has 1 unspecified atom stereocenters. The number of nitrogens with two attached hydrogens (primary N) is 1. The molecule has 0 aliphatic carbocycles. The third-order valence-electron chi connectivity index (χ3n) is 1.87. The molecule has 1 aliphatic heterocycles. The molecule has 6 heteroatoms. The summed E-state index contributed by atoms with van der Waals surface area (Å²) >= 11 is 0. The summed E-state index contributed by atoms with van der Waals surface area (Å²) in [5.41, 5.74) is 6.87. The summed E-state index contributed by atoms with van der Waals surface area (Å²) < 4.78 is 22.0. The molecular weight excluding hydrogens is 220 g/mol. The van der Waals surface area contributed by atoms with Crippen molar-refractivity contribution in [1.82, 2.24) is 0 Å². The van der Waals surface area contributed by atoms with Gasteiger partial charge in [-0.25, -0.2) is 4.99 Å². The van der Waals surface area contributed by atoms with Crippen LogP contribution in [-0.2, 0) is 18.7 Å². The van der Waals surface area contributed by atoms with E-state index in [-0.39, 0.29) is 0 Å². The van der Waals surface area contributed by atoms with Crippen molar-refractivity contribution in [3.05, 3.63) is 18.2 Å². The lowest BCUT2D eigenvalue weighted by molar-refractivity contribution is 0.628. The third kappa shape index (κ3) is 1.36. The zero-order valence-electron chi connectivity index (χ0n) is 7.39. The summed E-state index contributed by atoms with van der Waals surface area (Å²) in [6.07, 6.45) is 0. The lowest BCUT2D eigenvalue weighted by Gasteiger charge is -1.98. The lowest BCUT2D eigenvalue weighted by Crippen LogP contribution is -1.98. The van der Waals surface area contributed by atoms with Crippen LogP contribution in [0.1, 0.15) is 6.92 Å². The van der Waals surface area contributed by atoms with Crippen LogP contribution >= 0.6 is 0 Å². The van der Waals surface area contributed by atoms with Crippen molar-refractivity contribution in [1.29, 1.82) is 0 Å². The Balaban J connectivity index is 2.82. The highest BCUT2D eigenvalue weighted by Crippen LogP contribution is 2.32. The lowest BCUT2D eigenvalue weighted by atomic mass is 10.3. The van der Waals surface area contributed by atoms with E-state index in [1.54, 1.807) is 25.1 Å². The normalized spacial score (nSPS) is 18.9. The molecule has 1 aliphatic rings. The number of nitrogen functional groups attached to an aromatic ring is 1. The summed E-state index contributed by atoms with van der Waals surface area (Å²) in [4.78, 5) is 4.88. The van der Waals surface area contributed by atoms with Gasteiger partial charge in [-0.05, 0) is 25.1 Å². The molecule has 4 nitrogen and oxygen atoms in total. The predicted octanol–water partition coefficient (Wildman–Crippen LogP) is 1.10. The Hall–Kier alpha value is -1.14. The second-order valence-corrected chi connectivity index (χ2v) is 6.62. The van der Waals surface area contributed by atoms with Crippen molar-refractivity contribution >= 4 is 35.1 Å². The Labute approximate surface area is 84.6 Å². The van der Waals surface area contributed by atoms with Crippen molar-refractivity contribution in [2.75, 3.05) is 5.73 Å². The van der Waals surface area contributed by atoms with Crippen LogP contribution in [-0.4, -0.2) is 13.5 Å². The van der Waals surface area contributed by atoms with Crippen LogP contribution in [0.4, 0.5) is 11.4 Å². The van der Waals surface area contributed by atoms with Gasteiger partial charge in [-0.1, -0.05) is 0 Å². The van der Waals surface area contributed by atoms with Gasteiger partial charge in [0.15, 0.2) is 0 Å². The Bertz CT molecular complexity index is 565. The van der Waals surface area contributed by atoms with Gasteiger partial charge in [0, 0.05) is 20.0 Å². The Morgan fingerprint density at radius 2 is 2.14 bits per heavy atom. The second kappa shape index (κ2) is 3.21. The molecule has 1 heterocycles. The van der Waals surface area contributed by atoms with E-state index < -0.39 is 18.7 Å². The number of anilines is 1. The van der Waals surface area contributed by atoms with Crippen LogP contribution < -0.4 is 5.73 Å². The van der Waals surface area contributed by atoms with E-state index in [1.165, 1.54) is 0 Å². The summed E-state index contributed by atoms with van der Waals surface area (Å²) in [5, 5.41) is 0.624. The molecule has 0 amide bonds. The number of benzene rings is 1. The minimum absolute atomic E-state index is 0.566. The topological polar surface area (TPSA) is 72.5 Å². The molecule has 14 heavy (non-hydrogen) atoms. The van der Waals surface area contributed by atoms with E-state index in [0.717, 1.165) is 0 Å². The average molecular weight is 228 g/mol. The molecule has 2 N–H and O–H groups in total. The van der Waals surface area contributed by atoms with E-state index in [2.05, 4.69) is 4.99 Å². The maximum Gasteiger partial charge on any atom is 0.251 e. The molecule has 1 aromatic carbocycles. The number of nitrogens with zero attached hydrogens (tertiary/aromatic N) is 1. The molecule has 0 spiro atoms. The van der Waals surface area contributed by atoms with E-state index in [4.69, 9.17) is 5.73 Å². The predicted molar refractivity (Wildman–Crippen MR) is 58.2 cm³/mol. The van der Waals surface area contributed by atoms with E-state index >= 15 is 0 Å². The molecule has 0 radical (unpaired) electrons. The molecule has 0 aromatic heterocycles. The van der Waals surface area contributed by atoms with Crippen LogP contribution in [0, 0.1) is 0 Å². The van der Waals surface area contributed by atoms with Gasteiger partial charge < -0.3 is 5.73 Å². The fourth-order valence-electron chi connectivity index (χ4n) is 1.31. The summed E-state index contributed by atoms with van der Waals surface area (Å²) in [6, 6.07) is 5.14. The first kappa shape index (κ1) is 9.42. The van der Waals surface area contributed by atoms with Gasteiger partial charge in [0.1, 0.15) is 0 Å².